The van der Waals surface area contributed by atoms with E-state index >= 15 is 0 Å². The molecule has 2 aromatic rings. The Balaban J connectivity index is 1.39. The van der Waals surface area contributed by atoms with E-state index in [0.29, 0.717) is 29.9 Å². The molecule has 0 saturated carbocycles. The molecule has 1 saturated heterocycles. The van der Waals surface area contributed by atoms with Crippen molar-refractivity contribution in [3.8, 4) is 0 Å². The first-order valence-corrected chi connectivity index (χ1v) is 13.0. The number of hydrogen-bond acceptors (Lipinski definition) is 5. The summed E-state index contributed by atoms with van der Waals surface area (Å²) >= 11 is 0. The molecule has 8 heteroatoms. The van der Waals surface area contributed by atoms with Crippen LogP contribution in [0, 0.1) is 6.92 Å². The summed E-state index contributed by atoms with van der Waals surface area (Å²) in [5, 5.41) is 0. The number of nitrogens with one attached hydrogen (secondary N) is 3. The van der Waals surface area contributed by atoms with Crippen LogP contribution in [0.2, 0.25) is 0 Å². The number of carbonyl (C=O) groups excluding carboxylic acids is 1. The standard InChI is InChI=1S/C24H34N4O3S/c1-18-13-14-20(16-22(18)27-32(3,30)31)24(29)28(2)15-9-5-8-12-21-17-23(26-25-21)19-10-6-4-7-11-19/h4,6-7,10-11,13-14,16,21,23,25-27H,5,8-9,12,15,17H2,1-3H3. The molecule has 1 heterocycles. The van der Waals surface area contributed by atoms with Gasteiger partial charge in [-0.2, -0.15) is 0 Å². The third kappa shape index (κ3) is 7.05. The van der Waals surface area contributed by atoms with Crippen LogP contribution in [0.1, 0.15) is 59.6 Å². The third-order valence-electron chi connectivity index (χ3n) is 5.86. The molecule has 1 amide bonds. The number of aryl methyl sites for hydroxylation is 1. The van der Waals surface area contributed by atoms with Gasteiger partial charge in [-0.05, 0) is 49.4 Å². The lowest BCUT2D eigenvalue weighted by molar-refractivity contribution is 0.0792. The fraction of sp³-hybridized carbons (Fsp3) is 0.458. The summed E-state index contributed by atoms with van der Waals surface area (Å²) in [6.45, 7) is 2.48. The van der Waals surface area contributed by atoms with Crippen LogP contribution in [0.3, 0.4) is 0 Å². The molecule has 2 unspecified atom stereocenters. The Hall–Kier alpha value is -2.42. The Morgan fingerprint density at radius 2 is 1.84 bits per heavy atom. The number of amides is 1. The predicted octanol–water partition coefficient (Wildman–Crippen LogP) is 3.61. The maximum absolute atomic E-state index is 12.7. The lowest BCUT2D eigenvalue weighted by atomic mass is 9.99. The molecule has 32 heavy (non-hydrogen) atoms. The zero-order valence-corrected chi connectivity index (χ0v) is 19.9. The zero-order valence-electron chi connectivity index (χ0n) is 19.1. The Morgan fingerprint density at radius 1 is 1.09 bits per heavy atom. The lowest BCUT2D eigenvalue weighted by Gasteiger charge is -2.18. The summed E-state index contributed by atoms with van der Waals surface area (Å²) < 4.78 is 25.6. The summed E-state index contributed by atoms with van der Waals surface area (Å²) in [6, 6.07) is 16.4. The molecule has 0 aromatic heterocycles. The molecule has 0 aliphatic carbocycles. The smallest absolute Gasteiger partial charge is 0.253 e. The van der Waals surface area contributed by atoms with E-state index in [4.69, 9.17) is 0 Å². The van der Waals surface area contributed by atoms with Crippen LogP contribution in [0.4, 0.5) is 5.69 Å². The number of benzene rings is 2. The van der Waals surface area contributed by atoms with E-state index < -0.39 is 10.0 Å². The van der Waals surface area contributed by atoms with Crippen molar-refractivity contribution < 1.29 is 13.2 Å². The Bertz CT molecular complexity index is 1010. The number of hydrogen-bond donors (Lipinski definition) is 3. The monoisotopic (exact) mass is 458 g/mol. The van der Waals surface area contributed by atoms with Crippen molar-refractivity contribution in [1.29, 1.82) is 0 Å². The molecule has 0 radical (unpaired) electrons. The second-order valence-corrected chi connectivity index (χ2v) is 10.4. The van der Waals surface area contributed by atoms with Gasteiger partial charge in [0.25, 0.3) is 5.91 Å². The number of rotatable bonds is 10. The summed E-state index contributed by atoms with van der Waals surface area (Å²) in [7, 11) is -1.60. The number of nitrogens with zero attached hydrogens (tertiary/aromatic N) is 1. The molecular formula is C24H34N4O3S. The molecule has 1 fully saturated rings. The van der Waals surface area contributed by atoms with Crippen molar-refractivity contribution in [2.45, 2.75) is 51.1 Å². The van der Waals surface area contributed by atoms with Gasteiger partial charge in [0.2, 0.25) is 10.0 Å². The summed E-state index contributed by atoms with van der Waals surface area (Å²) in [4.78, 5) is 14.5. The average Bonchev–Trinajstić information content (AvgIpc) is 3.23. The van der Waals surface area contributed by atoms with Gasteiger partial charge >= 0.3 is 0 Å². The topological polar surface area (TPSA) is 90.5 Å². The van der Waals surface area contributed by atoms with Gasteiger partial charge in [-0.1, -0.05) is 49.2 Å². The van der Waals surface area contributed by atoms with E-state index in [-0.39, 0.29) is 5.91 Å². The minimum absolute atomic E-state index is 0.103. The fourth-order valence-electron chi connectivity index (χ4n) is 4.02. The molecule has 2 atom stereocenters. The van der Waals surface area contributed by atoms with Crippen LogP contribution in [-0.4, -0.2) is 45.1 Å². The van der Waals surface area contributed by atoms with Crippen LogP contribution in [-0.2, 0) is 10.0 Å². The average molecular weight is 459 g/mol. The van der Waals surface area contributed by atoms with Gasteiger partial charge in [-0.3, -0.25) is 20.4 Å². The summed E-state index contributed by atoms with van der Waals surface area (Å²) in [5.41, 5.74) is 9.82. The minimum Gasteiger partial charge on any atom is -0.342 e. The van der Waals surface area contributed by atoms with E-state index in [1.165, 1.54) is 5.56 Å². The molecule has 3 rings (SSSR count). The highest BCUT2D eigenvalue weighted by Crippen LogP contribution is 2.24. The van der Waals surface area contributed by atoms with E-state index in [1.807, 2.05) is 13.0 Å². The molecule has 0 bridgehead atoms. The normalized spacial score (nSPS) is 18.5. The molecule has 2 aromatic carbocycles. The molecule has 3 N–H and O–H groups in total. The highest BCUT2D eigenvalue weighted by Gasteiger charge is 2.24. The quantitative estimate of drug-likeness (QED) is 0.473. The Kier molecular flexibility index (Phi) is 8.28. The second kappa shape index (κ2) is 10.9. The summed E-state index contributed by atoms with van der Waals surface area (Å²) in [6.07, 6.45) is 6.39. The van der Waals surface area contributed by atoms with Gasteiger partial charge < -0.3 is 4.90 Å². The van der Waals surface area contributed by atoms with Crippen LogP contribution in [0.15, 0.2) is 48.5 Å². The highest BCUT2D eigenvalue weighted by atomic mass is 32.2. The number of sulfonamides is 1. The fourth-order valence-corrected chi connectivity index (χ4v) is 4.64. The van der Waals surface area contributed by atoms with E-state index in [1.54, 1.807) is 30.1 Å². The van der Waals surface area contributed by atoms with Crippen LogP contribution < -0.4 is 15.6 Å². The van der Waals surface area contributed by atoms with Gasteiger partial charge in [-0.15, -0.1) is 0 Å². The van der Waals surface area contributed by atoms with Gasteiger partial charge in [0.15, 0.2) is 0 Å². The number of anilines is 1. The zero-order chi connectivity index (χ0) is 23.1. The van der Waals surface area contributed by atoms with E-state index in [9.17, 15) is 13.2 Å². The third-order valence-corrected chi connectivity index (χ3v) is 6.45. The van der Waals surface area contributed by atoms with Crippen LogP contribution in [0.5, 0.6) is 0 Å². The first-order chi connectivity index (χ1) is 15.2. The van der Waals surface area contributed by atoms with Gasteiger partial charge in [0.05, 0.1) is 11.9 Å². The molecule has 7 nitrogen and oxygen atoms in total. The van der Waals surface area contributed by atoms with Crippen molar-refractivity contribution in [3.63, 3.8) is 0 Å². The van der Waals surface area contributed by atoms with Crippen molar-refractivity contribution in [2.75, 3.05) is 24.6 Å². The Labute approximate surface area is 191 Å². The van der Waals surface area contributed by atoms with E-state index in [0.717, 1.165) is 43.9 Å². The SMILES string of the molecule is Cc1ccc(C(=O)N(C)CCCCCC2CC(c3ccccc3)NN2)cc1NS(C)(=O)=O. The number of unbranched alkanes of at least 4 members (excludes halogenated alkanes) is 2. The number of carbonyl (C=O) groups is 1. The highest BCUT2D eigenvalue weighted by molar-refractivity contribution is 7.92. The number of hydrazine groups is 1. The van der Waals surface area contributed by atoms with Crippen molar-refractivity contribution in [2.24, 2.45) is 0 Å². The van der Waals surface area contributed by atoms with Gasteiger partial charge in [0.1, 0.15) is 0 Å². The first kappa shape index (κ1) is 24.2. The van der Waals surface area contributed by atoms with Crippen LogP contribution in [0.25, 0.3) is 0 Å². The molecule has 1 aliphatic heterocycles. The Morgan fingerprint density at radius 3 is 2.56 bits per heavy atom. The van der Waals surface area contributed by atoms with Gasteiger partial charge in [-0.25, -0.2) is 8.42 Å². The molecule has 174 valence electrons. The van der Waals surface area contributed by atoms with Crippen molar-refractivity contribution in [1.82, 2.24) is 15.8 Å². The first-order valence-electron chi connectivity index (χ1n) is 11.1. The predicted molar refractivity (Wildman–Crippen MR) is 129 cm³/mol. The molecule has 1 aliphatic rings. The maximum atomic E-state index is 12.7. The van der Waals surface area contributed by atoms with E-state index in [2.05, 4.69) is 39.8 Å². The lowest BCUT2D eigenvalue weighted by Crippen LogP contribution is -2.30. The molecule has 0 spiro atoms. The summed E-state index contributed by atoms with van der Waals surface area (Å²) in [5.74, 6) is -0.103. The van der Waals surface area contributed by atoms with Crippen molar-refractivity contribution in [3.05, 3.63) is 65.2 Å². The molecular weight excluding hydrogens is 424 g/mol. The maximum Gasteiger partial charge on any atom is 0.253 e. The van der Waals surface area contributed by atoms with Crippen LogP contribution >= 0.6 is 0 Å². The van der Waals surface area contributed by atoms with Crippen molar-refractivity contribution >= 4 is 21.6 Å². The van der Waals surface area contributed by atoms with Gasteiger partial charge in [0, 0.05) is 31.2 Å². The largest absolute Gasteiger partial charge is 0.342 e. The minimum atomic E-state index is -3.39. The second-order valence-electron chi connectivity index (χ2n) is 8.66.